The monoisotopic (exact) mass is 265 g/mol. The largest absolute Gasteiger partial charge is 0.388 e. The van der Waals surface area contributed by atoms with Gasteiger partial charge in [-0.2, -0.15) is 0 Å². The lowest BCUT2D eigenvalue weighted by atomic mass is 9.73. The number of nitrogens with one attached hydrogen (secondary N) is 1. The van der Waals surface area contributed by atoms with Crippen molar-refractivity contribution < 1.29 is 9.90 Å². The topological polar surface area (TPSA) is 49.3 Å². The lowest BCUT2D eigenvalue weighted by Gasteiger charge is -2.34. The first kappa shape index (κ1) is 11.7. The predicted octanol–water partition coefficient (Wildman–Crippen LogP) is 2.55. The summed E-state index contributed by atoms with van der Waals surface area (Å²) in [6.45, 7) is 0. The average Bonchev–Trinajstić information content (AvgIpc) is 2.79. The van der Waals surface area contributed by atoms with Gasteiger partial charge in [-0.1, -0.05) is 36.4 Å². The van der Waals surface area contributed by atoms with Crippen molar-refractivity contribution in [1.82, 2.24) is 0 Å². The molecular formula is C17H15NO2. The first-order valence-electron chi connectivity index (χ1n) is 6.91. The highest BCUT2D eigenvalue weighted by Gasteiger charge is 2.33. The van der Waals surface area contributed by atoms with E-state index in [1.165, 1.54) is 11.1 Å². The Morgan fingerprint density at radius 3 is 2.85 bits per heavy atom. The van der Waals surface area contributed by atoms with Crippen LogP contribution in [-0.2, 0) is 17.6 Å². The van der Waals surface area contributed by atoms with Crippen molar-refractivity contribution in [1.29, 1.82) is 0 Å². The van der Waals surface area contributed by atoms with Gasteiger partial charge in [-0.3, -0.25) is 4.79 Å². The van der Waals surface area contributed by atoms with Crippen LogP contribution >= 0.6 is 0 Å². The Balaban J connectivity index is 1.63. The Morgan fingerprint density at radius 2 is 2.00 bits per heavy atom. The maximum absolute atomic E-state index is 11.4. The SMILES string of the molecule is O=C1Cc2cc(C(O)C3Cc4ccccc43)ccc2N1. The summed E-state index contributed by atoms with van der Waals surface area (Å²) < 4.78 is 0. The molecule has 2 unspecified atom stereocenters. The van der Waals surface area contributed by atoms with E-state index in [9.17, 15) is 9.90 Å². The van der Waals surface area contributed by atoms with Crippen LogP contribution in [0.3, 0.4) is 0 Å². The summed E-state index contributed by atoms with van der Waals surface area (Å²) in [4.78, 5) is 11.4. The van der Waals surface area contributed by atoms with Crippen LogP contribution in [0.1, 0.15) is 34.3 Å². The molecule has 1 amide bonds. The second kappa shape index (κ2) is 4.18. The second-order valence-corrected chi connectivity index (χ2v) is 5.60. The summed E-state index contributed by atoms with van der Waals surface area (Å²) >= 11 is 0. The Labute approximate surface area is 117 Å². The minimum absolute atomic E-state index is 0.0284. The summed E-state index contributed by atoms with van der Waals surface area (Å²) in [5, 5.41) is 13.4. The molecule has 0 fully saturated rings. The van der Waals surface area contributed by atoms with Crippen LogP contribution in [0, 0.1) is 0 Å². The van der Waals surface area contributed by atoms with Gasteiger partial charge in [0, 0.05) is 11.6 Å². The Hall–Kier alpha value is -2.13. The van der Waals surface area contributed by atoms with Gasteiger partial charge in [0.05, 0.1) is 12.5 Å². The molecule has 0 aromatic heterocycles. The van der Waals surface area contributed by atoms with Crippen molar-refractivity contribution in [2.75, 3.05) is 5.32 Å². The predicted molar refractivity (Wildman–Crippen MR) is 76.6 cm³/mol. The fraction of sp³-hybridized carbons (Fsp3) is 0.235. The number of carbonyl (C=O) groups excluding carboxylic acids is 1. The molecule has 3 nitrogen and oxygen atoms in total. The lowest BCUT2D eigenvalue weighted by Crippen LogP contribution is -2.23. The van der Waals surface area contributed by atoms with Gasteiger partial charge in [0.15, 0.2) is 0 Å². The van der Waals surface area contributed by atoms with Gasteiger partial charge in [0.25, 0.3) is 0 Å². The zero-order valence-electron chi connectivity index (χ0n) is 11.0. The van der Waals surface area contributed by atoms with Gasteiger partial charge in [-0.15, -0.1) is 0 Å². The van der Waals surface area contributed by atoms with Crippen LogP contribution in [-0.4, -0.2) is 11.0 Å². The smallest absolute Gasteiger partial charge is 0.228 e. The van der Waals surface area contributed by atoms with Crippen LogP contribution in [0.4, 0.5) is 5.69 Å². The molecule has 0 saturated heterocycles. The minimum Gasteiger partial charge on any atom is -0.388 e. The van der Waals surface area contributed by atoms with Gasteiger partial charge in [0.1, 0.15) is 0 Å². The number of benzene rings is 2. The highest BCUT2D eigenvalue weighted by molar-refractivity contribution is 5.99. The first-order chi connectivity index (χ1) is 9.72. The second-order valence-electron chi connectivity index (χ2n) is 5.60. The van der Waals surface area contributed by atoms with E-state index in [-0.39, 0.29) is 11.8 Å². The molecule has 2 aromatic carbocycles. The Bertz CT molecular complexity index is 708. The van der Waals surface area contributed by atoms with Crippen LogP contribution in [0.25, 0.3) is 0 Å². The van der Waals surface area contributed by atoms with E-state index in [0.717, 1.165) is 23.2 Å². The number of aliphatic hydroxyl groups excluding tert-OH is 1. The number of amides is 1. The van der Waals surface area contributed by atoms with E-state index in [1.807, 2.05) is 30.3 Å². The lowest BCUT2D eigenvalue weighted by molar-refractivity contribution is -0.115. The third kappa shape index (κ3) is 1.67. The fourth-order valence-corrected chi connectivity index (χ4v) is 3.24. The number of anilines is 1. The Morgan fingerprint density at radius 1 is 1.15 bits per heavy atom. The highest BCUT2D eigenvalue weighted by Crippen LogP contribution is 2.44. The summed E-state index contributed by atoms with van der Waals surface area (Å²) in [6.07, 6.45) is 0.842. The van der Waals surface area contributed by atoms with Gasteiger partial charge in [-0.25, -0.2) is 0 Å². The summed E-state index contributed by atoms with van der Waals surface area (Å²) in [7, 11) is 0. The summed E-state index contributed by atoms with van der Waals surface area (Å²) in [5.41, 5.74) is 5.34. The van der Waals surface area contributed by atoms with Crippen molar-refractivity contribution in [2.24, 2.45) is 0 Å². The van der Waals surface area contributed by atoms with Crippen molar-refractivity contribution in [3.8, 4) is 0 Å². The molecule has 20 heavy (non-hydrogen) atoms. The molecule has 0 bridgehead atoms. The summed E-state index contributed by atoms with van der Waals surface area (Å²) in [6, 6.07) is 14.0. The number of hydrogen-bond acceptors (Lipinski definition) is 2. The van der Waals surface area contributed by atoms with Crippen LogP contribution in [0.2, 0.25) is 0 Å². The molecule has 100 valence electrons. The van der Waals surface area contributed by atoms with E-state index in [1.54, 1.807) is 0 Å². The molecule has 0 saturated carbocycles. The molecule has 0 radical (unpaired) electrons. The van der Waals surface area contributed by atoms with Crippen molar-refractivity contribution >= 4 is 11.6 Å². The molecule has 1 heterocycles. The molecule has 1 aliphatic carbocycles. The minimum atomic E-state index is -0.495. The maximum atomic E-state index is 11.4. The van der Waals surface area contributed by atoms with Gasteiger partial charge < -0.3 is 10.4 Å². The number of aliphatic hydroxyl groups is 1. The van der Waals surface area contributed by atoms with E-state index < -0.39 is 6.10 Å². The molecule has 2 atom stereocenters. The highest BCUT2D eigenvalue weighted by atomic mass is 16.3. The van der Waals surface area contributed by atoms with E-state index in [2.05, 4.69) is 17.4 Å². The fourth-order valence-electron chi connectivity index (χ4n) is 3.24. The molecule has 1 aliphatic heterocycles. The maximum Gasteiger partial charge on any atom is 0.228 e. The quantitative estimate of drug-likeness (QED) is 0.876. The van der Waals surface area contributed by atoms with Gasteiger partial charge in [0.2, 0.25) is 5.91 Å². The van der Waals surface area contributed by atoms with Gasteiger partial charge in [-0.05, 0) is 34.7 Å². The summed E-state index contributed by atoms with van der Waals surface area (Å²) in [5.74, 6) is 0.204. The van der Waals surface area contributed by atoms with Crippen LogP contribution < -0.4 is 5.32 Å². The number of hydrogen-bond donors (Lipinski definition) is 2. The van der Waals surface area contributed by atoms with Crippen LogP contribution in [0.15, 0.2) is 42.5 Å². The normalized spacial score (nSPS) is 20.6. The van der Waals surface area contributed by atoms with Crippen LogP contribution in [0.5, 0.6) is 0 Å². The molecule has 2 aromatic rings. The molecule has 4 rings (SSSR count). The first-order valence-corrected chi connectivity index (χ1v) is 6.91. The van der Waals surface area contributed by atoms with E-state index in [0.29, 0.717) is 6.42 Å². The number of rotatable bonds is 2. The van der Waals surface area contributed by atoms with E-state index in [4.69, 9.17) is 0 Å². The van der Waals surface area contributed by atoms with Crippen molar-refractivity contribution in [3.63, 3.8) is 0 Å². The number of fused-ring (bicyclic) bond motifs is 2. The van der Waals surface area contributed by atoms with Crippen molar-refractivity contribution in [3.05, 3.63) is 64.7 Å². The Kier molecular flexibility index (Phi) is 2.44. The zero-order valence-corrected chi connectivity index (χ0v) is 11.0. The molecule has 0 spiro atoms. The van der Waals surface area contributed by atoms with Crippen molar-refractivity contribution in [2.45, 2.75) is 24.9 Å². The molecule has 2 aliphatic rings. The standard InChI is InChI=1S/C17H15NO2/c19-16-9-12-7-11(5-6-15(12)18-16)17(20)14-8-10-3-1-2-4-13(10)14/h1-7,14,17,20H,8-9H2,(H,18,19). The number of carbonyl (C=O) groups is 1. The average molecular weight is 265 g/mol. The molecule has 3 heteroatoms. The van der Waals surface area contributed by atoms with Gasteiger partial charge >= 0.3 is 0 Å². The molecule has 2 N–H and O–H groups in total. The molecular weight excluding hydrogens is 250 g/mol. The zero-order chi connectivity index (χ0) is 13.7. The third-order valence-corrected chi connectivity index (χ3v) is 4.37. The third-order valence-electron chi connectivity index (χ3n) is 4.37. The van der Waals surface area contributed by atoms with E-state index >= 15 is 0 Å².